The van der Waals surface area contributed by atoms with E-state index in [4.69, 9.17) is 23.2 Å². The Morgan fingerprint density at radius 2 is 1.61 bits per heavy atom. The summed E-state index contributed by atoms with van der Waals surface area (Å²) in [6.07, 6.45) is 0. The van der Waals surface area contributed by atoms with Gasteiger partial charge in [0, 0.05) is 21.3 Å². The molecular weight excluding hydrogens is 349 g/mol. The molecule has 2 N–H and O–H groups in total. The minimum atomic E-state index is -1.14. The van der Waals surface area contributed by atoms with E-state index < -0.39 is 23.4 Å². The van der Waals surface area contributed by atoms with Crippen molar-refractivity contribution in [3.63, 3.8) is 0 Å². The SMILES string of the molecule is O=C(CNC(=O)c1ccc(F)c(F)c1)Nc1cc(Cl)cc(Cl)c1. The lowest BCUT2D eigenvalue weighted by Crippen LogP contribution is -2.32. The normalized spacial score (nSPS) is 10.3. The number of benzene rings is 2. The second-order valence-corrected chi connectivity index (χ2v) is 5.39. The Bertz CT molecular complexity index is 749. The topological polar surface area (TPSA) is 58.2 Å². The van der Waals surface area contributed by atoms with Gasteiger partial charge >= 0.3 is 0 Å². The lowest BCUT2D eigenvalue weighted by molar-refractivity contribution is -0.115. The van der Waals surface area contributed by atoms with Gasteiger partial charge in [-0.2, -0.15) is 0 Å². The molecule has 0 unspecified atom stereocenters. The highest BCUT2D eigenvalue weighted by atomic mass is 35.5. The summed E-state index contributed by atoms with van der Waals surface area (Å²) < 4.78 is 25.8. The van der Waals surface area contributed by atoms with E-state index in [1.165, 1.54) is 18.2 Å². The van der Waals surface area contributed by atoms with Gasteiger partial charge in [-0.25, -0.2) is 8.78 Å². The number of nitrogens with one attached hydrogen (secondary N) is 2. The molecule has 2 aromatic carbocycles. The predicted octanol–water partition coefficient (Wildman–Crippen LogP) is 3.64. The van der Waals surface area contributed by atoms with Crippen LogP contribution in [0.15, 0.2) is 36.4 Å². The van der Waals surface area contributed by atoms with E-state index >= 15 is 0 Å². The number of amides is 2. The first-order valence-electron chi connectivity index (χ1n) is 6.34. The van der Waals surface area contributed by atoms with Crippen molar-refractivity contribution >= 4 is 40.7 Å². The molecule has 0 bridgehead atoms. The zero-order valence-corrected chi connectivity index (χ0v) is 13.0. The Morgan fingerprint density at radius 3 is 2.22 bits per heavy atom. The third-order valence-electron chi connectivity index (χ3n) is 2.74. The second kappa shape index (κ2) is 7.39. The molecule has 23 heavy (non-hydrogen) atoms. The fraction of sp³-hybridized carbons (Fsp3) is 0.0667. The molecule has 0 spiro atoms. The van der Waals surface area contributed by atoms with Crippen LogP contribution in [0.25, 0.3) is 0 Å². The summed E-state index contributed by atoms with van der Waals surface area (Å²) in [5.74, 6) is -3.43. The first-order valence-corrected chi connectivity index (χ1v) is 7.10. The number of rotatable bonds is 4. The fourth-order valence-electron chi connectivity index (χ4n) is 1.73. The smallest absolute Gasteiger partial charge is 0.251 e. The summed E-state index contributed by atoms with van der Waals surface area (Å²) in [5, 5.41) is 5.47. The van der Waals surface area contributed by atoms with Crippen LogP contribution >= 0.6 is 23.2 Å². The molecule has 2 rings (SSSR count). The molecule has 8 heteroatoms. The highest BCUT2D eigenvalue weighted by Crippen LogP contribution is 2.22. The molecule has 2 aromatic rings. The highest BCUT2D eigenvalue weighted by Gasteiger charge is 2.11. The summed E-state index contributed by atoms with van der Waals surface area (Å²) in [4.78, 5) is 23.5. The highest BCUT2D eigenvalue weighted by molar-refractivity contribution is 6.35. The average molecular weight is 359 g/mol. The molecule has 0 heterocycles. The molecule has 0 aliphatic rings. The monoisotopic (exact) mass is 358 g/mol. The second-order valence-electron chi connectivity index (χ2n) is 4.52. The average Bonchev–Trinajstić information content (AvgIpc) is 2.46. The summed E-state index contributed by atoms with van der Waals surface area (Å²) in [7, 11) is 0. The molecular formula is C15H10Cl2F2N2O2. The molecule has 0 radical (unpaired) electrons. The first kappa shape index (κ1) is 17.2. The van der Waals surface area contributed by atoms with Gasteiger partial charge in [0.15, 0.2) is 11.6 Å². The van der Waals surface area contributed by atoms with Crippen molar-refractivity contribution in [3.05, 3.63) is 63.6 Å². The van der Waals surface area contributed by atoms with Crippen LogP contribution in [0, 0.1) is 11.6 Å². The third-order valence-corrected chi connectivity index (χ3v) is 3.17. The van der Waals surface area contributed by atoms with Crippen molar-refractivity contribution in [2.24, 2.45) is 0 Å². The molecule has 2 amide bonds. The van der Waals surface area contributed by atoms with E-state index in [1.54, 1.807) is 0 Å². The first-order chi connectivity index (χ1) is 10.8. The Morgan fingerprint density at radius 1 is 0.957 bits per heavy atom. The summed E-state index contributed by atoms with van der Waals surface area (Å²) in [5.41, 5.74) is 0.275. The van der Waals surface area contributed by atoms with Crippen molar-refractivity contribution in [2.45, 2.75) is 0 Å². The van der Waals surface area contributed by atoms with Gasteiger partial charge < -0.3 is 10.6 Å². The molecule has 120 valence electrons. The van der Waals surface area contributed by atoms with Gasteiger partial charge in [-0.1, -0.05) is 23.2 Å². The molecule has 0 aliphatic carbocycles. The summed E-state index contributed by atoms with van der Waals surface area (Å²) in [6, 6.07) is 7.18. The van der Waals surface area contributed by atoms with Gasteiger partial charge in [-0.3, -0.25) is 9.59 Å². The summed E-state index contributed by atoms with van der Waals surface area (Å²) in [6.45, 7) is -0.359. The standard InChI is InChI=1S/C15H10Cl2F2N2O2/c16-9-4-10(17)6-11(5-9)21-14(22)7-20-15(23)8-1-2-12(18)13(19)3-8/h1-6H,7H2,(H,20,23)(H,21,22). The fourth-order valence-corrected chi connectivity index (χ4v) is 2.26. The van der Waals surface area contributed by atoms with E-state index in [2.05, 4.69) is 10.6 Å². The van der Waals surface area contributed by atoms with Crippen molar-refractivity contribution in [1.82, 2.24) is 5.32 Å². The lowest BCUT2D eigenvalue weighted by atomic mass is 10.2. The maximum absolute atomic E-state index is 13.0. The van der Waals surface area contributed by atoms with Crippen LogP contribution < -0.4 is 10.6 Å². The van der Waals surface area contributed by atoms with Crippen LogP contribution in [0.2, 0.25) is 10.0 Å². The van der Waals surface area contributed by atoms with Crippen molar-refractivity contribution in [2.75, 3.05) is 11.9 Å². The Labute approximate surface area is 140 Å². The van der Waals surface area contributed by atoms with Crippen LogP contribution in [0.5, 0.6) is 0 Å². The predicted molar refractivity (Wildman–Crippen MR) is 83.8 cm³/mol. The number of hydrogen-bond acceptors (Lipinski definition) is 2. The third kappa shape index (κ3) is 4.91. The van der Waals surface area contributed by atoms with E-state index in [9.17, 15) is 18.4 Å². The Hall–Kier alpha value is -2.18. The lowest BCUT2D eigenvalue weighted by Gasteiger charge is -2.08. The number of halogens is 4. The van der Waals surface area contributed by atoms with E-state index in [0.29, 0.717) is 15.7 Å². The maximum Gasteiger partial charge on any atom is 0.251 e. The Balaban J connectivity index is 1.93. The maximum atomic E-state index is 13.0. The van der Waals surface area contributed by atoms with Crippen LogP contribution in [0.3, 0.4) is 0 Å². The van der Waals surface area contributed by atoms with Gasteiger partial charge in [0.05, 0.1) is 6.54 Å². The Kier molecular flexibility index (Phi) is 5.52. The molecule has 0 saturated carbocycles. The van der Waals surface area contributed by atoms with E-state index in [0.717, 1.165) is 18.2 Å². The zero-order chi connectivity index (χ0) is 17.0. The van der Waals surface area contributed by atoms with Crippen molar-refractivity contribution < 1.29 is 18.4 Å². The minimum absolute atomic E-state index is 0.0949. The van der Waals surface area contributed by atoms with Crippen LogP contribution in [-0.4, -0.2) is 18.4 Å². The number of carbonyl (C=O) groups excluding carboxylic acids is 2. The number of hydrogen-bond donors (Lipinski definition) is 2. The van der Waals surface area contributed by atoms with E-state index in [1.807, 2.05) is 0 Å². The quantitative estimate of drug-likeness (QED) is 0.876. The van der Waals surface area contributed by atoms with Gasteiger partial charge in [-0.15, -0.1) is 0 Å². The molecule has 0 aliphatic heterocycles. The van der Waals surface area contributed by atoms with Gasteiger partial charge in [0.2, 0.25) is 5.91 Å². The zero-order valence-electron chi connectivity index (χ0n) is 11.5. The van der Waals surface area contributed by atoms with Crippen LogP contribution in [0.1, 0.15) is 10.4 Å². The molecule has 0 saturated heterocycles. The molecule has 4 nitrogen and oxygen atoms in total. The molecule has 0 atom stereocenters. The molecule has 0 aromatic heterocycles. The van der Waals surface area contributed by atoms with Crippen LogP contribution in [0.4, 0.5) is 14.5 Å². The van der Waals surface area contributed by atoms with Gasteiger partial charge in [0.25, 0.3) is 5.91 Å². The minimum Gasteiger partial charge on any atom is -0.343 e. The van der Waals surface area contributed by atoms with E-state index in [-0.39, 0.29) is 12.1 Å². The largest absolute Gasteiger partial charge is 0.343 e. The van der Waals surface area contributed by atoms with Gasteiger partial charge in [0.1, 0.15) is 0 Å². The number of carbonyl (C=O) groups is 2. The van der Waals surface area contributed by atoms with Crippen molar-refractivity contribution in [3.8, 4) is 0 Å². The molecule has 0 fully saturated rings. The number of anilines is 1. The van der Waals surface area contributed by atoms with Crippen LogP contribution in [-0.2, 0) is 4.79 Å². The van der Waals surface area contributed by atoms with Crippen molar-refractivity contribution in [1.29, 1.82) is 0 Å². The van der Waals surface area contributed by atoms with Gasteiger partial charge in [-0.05, 0) is 36.4 Å². The summed E-state index contributed by atoms with van der Waals surface area (Å²) >= 11 is 11.6.